The van der Waals surface area contributed by atoms with E-state index in [1.54, 1.807) is 0 Å². The van der Waals surface area contributed by atoms with Crippen molar-refractivity contribution in [1.29, 1.82) is 0 Å². The number of hydrogen-bond acceptors (Lipinski definition) is 0. The molecule has 5 heavy (non-hydrogen) atoms. The van der Waals surface area contributed by atoms with E-state index >= 15 is 0 Å². The summed E-state index contributed by atoms with van der Waals surface area (Å²) in [6.07, 6.45) is 4.37. The molecule has 0 bridgehead atoms. The number of rotatable bonds is 0. The van der Waals surface area contributed by atoms with Crippen molar-refractivity contribution in [3.8, 4) is 0 Å². The Morgan fingerprint density at radius 3 is 2.80 bits per heavy atom. The second-order valence-electron chi connectivity index (χ2n) is 1.09. The molecule has 0 aromatic heterocycles. The maximum atomic E-state index is 2.26. The lowest BCUT2D eigenvalue weighted by atomic mass is 10.6. The van der Waals surface area contributed by atoms with E-state index in [1.807, 2.05) is 0 Å². The molecule has 0 aromatic rings. The molecule has 0 atom stereocenters. The van der Waals surface area contributed by atoms with Gasteiger partial charge in [-0.25, -0.2) is 0 Å². The van der Waals surface area contributed by atoms with Crippen molar-refractivity contribution >= 4 is 14.8 Å². The largest absolute Gasteiger partial charge is 0.0851 e. The summed E-state index contributed by atoms with van der Waals surface area (Å²) in [6.45, 7) is 0. The molecule has 0 unspecified atom stereocenters. The molecule has 1 heteroatoms. The highest BCUT2D eigenvalue weighted by molar-refractivity contribution is 6.51. The van der Waals surface area contributed by atoms with Crippen molar-refractivity contribution in [2.75, 3.05) is 0 Å². The summed E-state index contributed by atoms with van der Waals surface area (Å²) in [5.41, 5.74) is 2.26. The van der Waals surface area contributed by atoms with Crippen molar-refractivity contribution in [3.63, 3.8) is 0 Å². The van der Waals surface area contributed by atoms with Gasteiger partial charge in [-0.05, 0) is 15.2 Å². The first-order valence-corrected chi connectivity index (χ1v) is 3.30. The van der Waals surface area contributed by atoms with Crippen LogP contribution in [0.25, 0.3) is 0 Å². The Morgan fingerprint density at radius 2 is 2.60 bits per heavy atom. The Morgan fingerprint density at radius 1 is 1.60 bits per heavy atom. The van der Waals surface area contributed by atoms with Gasteiger partial charge in [0.2, 0.25) is 0 Å². The Kier molecular flexibility index (Phi) is 0.796. The first-order valence-electron chi connectivity index (χ1n) is 1.82. The molecule has 1 rings (SSSR count). The van der Waals surface area contributed by atoms with Crippen LogP contribution in [0.1, 0.15) is 0 Å². The van der Waals surface area contributed by atoms with Gasteiger partial charge in [0, 0.05) is 0 Å². The highest BCUT2D eigenvalue weighted by atomic mass is 28.2. The average Bonchev–Trinajstić information content (AvgIpc) is 1.76. The van der Waals surface area contributed by atoms with E-state index < -0.39 is 0 Å². The van der Waals surface area contributed by atoms with Gasteiger partial charge in [0.15, 0.2) is 0 Å². The van der Waals surface area contributed by atoms with Gasteiger partial charge in [-0.2, -0.15) is 0 Å². The summed E-state index contributed by atoms with van der Waals surface area (Å²) in [5, 5.41) is 0. The third-order valence-corrected chi connectivity index (χ3v) is 1.69. The average molecular weight is 82.2 g/mol. The van der Waals surface area contributed by atoms with E-state index in [1.165, 1.54) is 6.04 Å². The molecule has 0 N–H and O–H groups in total. The molecule has 0 aromatic carbocycles. The van der Waals surface area contributed by atoms with Gasteiger partial charge < -0.3 is 0 Å². The van der Waals surface area contributed by atoms with Crippen LogP contribution in [0, 0.1) is 0 Å². The van der Waals surface area contributed by atoms with Crippen LogP contribution in [0.3, 0.4) is 0 Å². The fraction of sp³-hybridized carbons (Fsp3) is 0.250. The summed E-state index contributed by atoms with van der Waals surface area (Å²) in [7, 11) is 0.690. The molecule has 0 nitrogen and oxygen atoms in total. The van der Waals surface area contributed by atoms with Crippen LogP contribution < -0.4 is 0 Å². The number of allylic oxidation sites excluding steroid dienone is 2. The van der Waals surface area contributed by atoms with E-state index in [4.69, 9.17) is 0 Å². The molecule has 0 amide bonds. The first kappa shape index (κ1) is 3.03. The molecule has 0 fully saturated rings. The lowest BCUT2D eigenvalue weighted by Crippen LogP contribution is -1.62. The Hall–Kier alpha value is -0.173. The minimum absolute atomic E-state index is 0.690. The van der Waals surface area contributed by atoms with Gasteiger partial charge in [-0.1, -0.05) is 17.8 Å². The van der Waals surface area contributed by atoms with Crippen LogP contribution in [0.5, 0.6) is 0 Å². The number of hydrogen-bond donors (Lipinski definition) is 0. The Balaban J connectivity index is 2.61. The summed E-state index contributed by atoms with van der Waals surface area (Å²) < 4.78 is 0. The van der Waals surface area contributed by atoms with Gasteiger partial charge in [0.25, 0.3) is 0 Å². The quantitative estimate of drug-likeness (QED) is 0.366. The highest BCUT2D eigenvalue weighted by Gasteiger charge is 1.73. The van der Waals surface area contributed by atoms with Crippen molar-refractivity contribution in [3.05, 3.63) is 12.2 Å². The van der Waals surface area contributed by atoms with Crippen LogP contribution in [0.2, 0.25) is 6.04 Å². The molecular weight excluding hydrogens is 76.1 g/mol. The standard InChI is InChI=1S/C4H6Si/c1-2-4-5-3-1/h1-3,5H,4H2. The topological polar surface area (TPSA) is 0 Å². The molecule has 0 radical (unpaired) electrons. The van der Waals surface area contributed by atoms with Crippen LogP contribution in [0.15, 0.2) is 12.2 Å². The van der Waals surface area contributed by atoms with Gasteiger partial charge in [0.1, 0.15) is 0 Å². The second-order valence-corrected chi connectivity index (χ2v) is 2.42. The van der Waals surface area contributed by atoms with Gasteiger partial charge in [-0.15, -0.1) is 0 Å². The monoisotopic (exact) mass is 82.0 g/mol. The Labute approximate surface area is 34.0 Å². The Bertz CT molecular complexity index is 61.7. The fourth-order valence-electron chi connectivity index (χ4n) is 0.393. The molecule has 0 saturated carbocycles. The SMILES string of the molecule is C1=CC[SiH]=C1. The molecule has 1 heterocycles. The van der Waals surface area contributed by atoms with E-state index in [0.29, 0.717) is 9.13 Å². The van der Waals surface area contributed by atoms with Gasteiger partial charge in [-0.3, -0.25) is 0 Å². The zero-order valence-corrected chi connectivity index (χ0v) is 4.17. The zero-order valence-electron chi connectivity index (χ0n) is 3.02. The first-order chi connectivity index (χ1) is 2.50. The summed E-state index contributed by atoms with van der Waals surface area (Å²) >= 11 is 0. The molecule has 26 valence electrons. The lowest BCUT2D eigenvalue weighted by molar-refractivity contribution is 1.76. The van der Waals surface area contributed by atoms with Crippen LogP contribution >= 0.6 is 0 Å². The smallest absolute Gasteiger partial charge is 0.00289 e. The molecule has 0 aliphatic carbocycles. The van der Waals surface area contributed by atoms with Crippen molar-refractivity contribution in [2.24, 2.45) is 0 Å². The van der Waals surface area contributed by atoms with Crippen LogP contribution in [-0.2, 0) is 0 Å². The van der Waals surface area contributed by atoms with E-state index in [9.17, 15) is 0 Å². The van der Waals surface area contributed by atoms with Crippen molar-refractivity contribution in [1.82, 2.24) is 0 Å². The predicted molar refractivity (Wildman–Crippen MR) is 27.2 cm³/mol. The van der Waals surface area contributed by atoms with Gasteiger partial charge in [0.05, 0.1) is 0 Å². The minimum Gasteiger partial charge on any atom is -0.0851 e. The molecule has 1 aliphatic rings. The van der Waals surface area contributed by atoms with Crippen molar-refractivity contribution in [2.45, 2.75) is 6.04 Å². The highest BCUT2D eigenvalue weighted by Crippen LogP contribution is 1.80. The predicted octanol–water partition coefficient (Wildman–Crippen LogP) is 0.213. The zero-order chi connectivity index (χ0) is 3.54. The van der Waals surface area contributed by atoms with Gasteiger partial charge >= 0.3 is 0 Å². The minimum atomic E-state index is 0.690. The third kappa shape index (κ3) is 0.548. The maximum Gasteiger partial charge on any atom is -0.00289 e. The molecular formula is C4H6Si. The van der Waals surface area contributed by atoms with Crippen LogP contribution in [-0.4, -0.2) is 14.8 Å². The van der Waals surface area contributed by atoms with Crippen LogP contribution in [0.4, 0.5) is 0 Å². The summed E-state index contributed by atoms with van der Waals surface area (Å²) in [5.74, 6) is 0. The molecule has 0 saturated heterocycles. The summed E-state index contributed by atoms with van der Waals surface area (Å²) in [4.78, 5) is 0. The molecule has 1 aliphatic heterocycles. The third-order valence-electron chi connectivity index (χ3n) is 0.655. The maximum absolute atomic E-state index is 2.26. The summed E-state index contributed by atoms with van der Waals surface area (Å²) in [6, 6.07) is 1.35. The van der Waals surface area contributed by atoms with E-state index in [-0.39, 0.29) is 0 Å². The van der Waals surface area contributed by atoms with E-state index in [2.05, 4.69) is 17.8 Å². The normalized spacial score (nSPS) is 17.6. The van der Waals surface area contributed by atoms with Crippen molar-refractivity contribution < 1.29 is 0 Å². The van der Waals surface area contributed by atoms with E-state index in [0.717, 1.165) is 0 Å². The lowest BCUT2D eigenvalue weighted by Gasteiger charge is -1.56. The fourth-order valence-corrected chi connectivity index (χ4v) is 1.18. The molecule has 0 spiro atoms. The second kappa shape index (κ2) is 1.31.